The topological polar surface area (TPSA) is 82.5 Å². The Bertz CT molecular complexity index is 1300. The summed E-state index contributed by atoms with van der Waals surface area (Å²) in [4.78, 5) is 32.2. The number of ether oxygens (including phenoxy) is 2. The maximum Gasteiger partial charge on any atom is 0.221 e. The highest BCUT2D eigenvalue weighted by molar-refractivity contribution is 7.99. The van der Waals surface area contributed by atoms with Crippen LogP contribution in [0.2, 0.25) is 0 Å². The Balaban J connectivity index is 1.39. The molecule has 0 spiro atoms. The molecule has 1 N–H and O–H groups in total. The lowest BCUT2D eigenvalue weighted by molar-refractivity contribution is -0.120. The van der Waals surface area contributed by atoms with Gasteiger partial charge in [0.05, 0.1) is 18.8 Å². The molecule has 4 rings (SSSR count). The minimum atomic E-state index is -0.355. The lowest BCUT2D eigenvalue weighted by Crippen LogP contribution is -2.34. The van der Waals surface area contributed by atoms with Crippen molar-refractivity contribution in [3.63, 3.8) is 0 Å². The van der Waals surface area contributed by atoms with Gasteiger partial charge >= 0.3 is 0 Å². The minimum absolute atomic E-state index is 0.0105. The van der Waals surface area contributed by atoms with Gasteiger partial charge in [0, 0.05) is 42.1 Å². The van der Waals surface area contributed by atoms with Crippen LogP contribution in [0.25, 0.3) is 10.3 Å². The summed E-state index contributed by atoms with van der Waals surface area (Å²) in [5, 5.41) is 3.70. The summed E-state index contributed by atoms with van der Waals surface area (Å²) >= 11 is 3.05. The third-order valence-corrected chi connectivity index (χ3v) is 8.08. The minimum Gasteiger partial charge on any atom is -0.494 e. The number of nitrogens with zero attached hydrogens (tertiary/aromatic N) is 2. The van der Waals surface area contributed by atoms with Crippen LogP contribution in [-0.4, -0.2) is 33.4 Å². The maximum atomic E-state index is 13.3. The molecular formula is C27H33N3O4S2. The largest absolute Gasteiger partial charge is 0.494 e. The first-order valence-corrected chi connectivity index (χ1v) is 14.0. The first-order chi connectivity index (χ1) is 17.3. The van der Waals surface area contributed by atoms with Crippen molar-refractivity contribution in [3.8, 4) is 5.75 Å². The summed E-state index contributed by atoms with van der Waals surface area (Å²) in [5.74, 6) is 1.37. The molecule has 1 amide bonds. The van der Waals surface area contributed by atoms with Crippen molar-refractivity contribution < 1.29 is 14.3 Å². The van der Waals surface area contributed by atoms with Gasteiger partial charge in [0.2, 0.25) is 11.3 Å². The molecule has 7 nitrogen and oxygen atoms in total. The SMILES string of the molecule is C=CCn1c(SCCC(=O)NCc2ccc(OCCC)cc2)nc2c(=O)c3c(sc21)COC(C)(C)C3. The molecule has 0 aliphatic carbocycles. The maximum absolute atomic E-state index is 13.3. The van der Waals surface area contributed by atoms with Crippen LogP contribution in [0.1, 0.15) is 49.6 Å². The quantitative estimate of drug-likeness (QED) is 0.277. The van der Waals surface area contributed by atoms with E-state index >= 15 is 0 Å². The normalized spacial score (nSPS) is 14.4. The number of carbonyl (C=O) groups excluding carboxylic acids is 1. The zero-order valence-corrected chi connectivity index (χ0v) is 22.7. The van der Waals surface area contributed by atoms with Crippen LogP contribution in [-0.2, 0) is 35.6 Å². The Morgan fingerprint density at radius 2 is 2.14 bits per heavy atom. The van der Waals surface area contributed by atoms with Gasteiger partial charge in [0.25, 0.3) is 0 Å². The molecule has 0 bridgehead atoms. The van der Waals surface area contributed by atoms with Gasteiger partial charge < -0.3 is 19.4 Å². The fraction of sp³-hybridized carbons (Fsp3) is 0.444. The molecule has 0 saturated heterocycles. The van der Waals surface area contributed by atoms with Gasteiger partial charge in [-0.2, -0.15) is 0 Å². The third kappa shape index (κ3) is 6.19. The van der Waals surface area contributed by atoms with Crippen LogP contribution in [0, 0.1) is 0 Å². The van der Waals surface area contributed by atoms with Crippen LogP contribution in [0.4, 0.5) is 0 Å². The van der Waals surface area contributed by atoms with Crippen molar-refractivity contribution in [2.24, 2.45) is 0 Å². The predicted octanol–water partition coefficient (Wildman–Crippen LogP) is 5.08. The number of amides is 1. The average molecular weight is 528 g/mol. The molecule has 9 heteroatoms. The van der Waals surface area contributed by atoms with Crippen LogP contribution in [0.15, 0.2) is 46.9 Å². The van der Waals surface area contributed by atoms with Gasteiger partial charge in [0.1, 0.15) is 16.1 Å². The first-order valence-electron chi connectivity index (χ1n) is 12.2. The van der Waals surface area contributed by atoms with Gasteiger partial charge in [-0.05, 0) is 38.0 Å². The van der Waals surface area contributed by atoms with E-state index in [9.17, 15) is 9.59 Å². The number of fused-ring (bicyclic) bond motifs is 2. The highest BCUT2D eigenvalue weighted by atomic mass is 32.2. The second-order valence-corrected chi connectivity index (χ2v) is 11.5. The van der Waals surface area contributed by atoms with E-state index in [1.54, 1.807) is 17.4 Å². The molecule has 2 aromatic heterocycles. The van der Waals surface area contributed by atoms with Crippen molar-refractivity contribution in [2.75, 3.05) is 12.4 Å². The van der Waals surface area contributed by atoms with E-state index in [0.29, 0.717) is 50.4 Å². The monoisotopic (exact) mass is 527 g/mol. The fourth-order valence-corrected chi connectivity index (χ4v) is 6.15. The van der Waals surface area contributed by atoms with Crippen molar-refractivity contribution >= 4 is 39.4 Å². The van der Waals surface area contributed by atoms with E-state index in [1.165, 1.54) is 11.8 Å². The molecule has 3 heterocycles. The van der Waals surface area contributed by atoms with Gasteiger partial charge in [-0.3, -0.25) is 9.59 Å². The summed E-state index contributed by atoms with van der Waals surface area (Å²) in [6.45, 7) is 12.1. The van der Waals surface area contributed by atoms with Crippen LogP contribution in [0.3, 0.4) is 0 Å². The number of aromatic nitrogens is 2. The van der Waals surface area contributed by atoms with E-state index in [4.69, 9.17) is 14.5 Å². The summed E-state index contributed by atoms with van der Waals surface area (Å²) < 4.78 is 13.5. The summed E-state index contributed by atoms with van der Waals surface area (Å²) in [5.41, 5.74) is 1.97. The highest BCUT2D eigenvalue weighted by Crippen LogP contribution is 2.33. The summed E-state index contributed by atoms with van der Waals surface area (Å²) in [6.07, 6.45) is 3.70. The number of thioether (sulfide) groups is 1. The van der Waals surface area contributed by atoms with Crippen molar-refractivity contribution in [1.82, 2.24) is 14.9 Å². The number of benzene rings is 1. The lowest BCUT2D eigenvalue weighted by atomic mass is 9.96. The Labute approximate surface area is 219 Å². The molecule has 0 unspecified atom stereocenters. The standard InChI is InChI=1S/C27H33N3O4S2/c1-5-12-30-25-23(24(32)20-15-27(3,4)34-17-21(20)36-25)29-26(30)35-14-11-22(31)28-16-18-7-9-19(10-8-18)33-13-6-2/h5,7-10H,1,6,11-17H2,2-4H3,(H,28,31). The summed E-state index contributed by atoms with van der Waals surface area (Å²) in [6, 6.07) is 7.77. The molecule has 1 aliphatic heterocycles. The molecule has 0 radical (unpaired) electrons. The second kappa shape index (κ2) is 11.6. The highest BCUT2D eigenvalue weighted by Gasteiger charge is 2.30. The average Bonchev–Trinajstić information content (AvgIpc) is 3.20. The lowest BCUT2D eigenvalue weighted by Gasteiger charge is -2.30. The number of hydrogen-bond acceptors (Lipinski definition) is 7. The van der Waals surface area contributed by atoms with Crippen LogP contribution in [0.5, 0.6) is 5.75 Å². The molecule has 1 aromatic carbocycles. The van der Waals surface area contributed by atoms with E-state index < -0.39 is 0 Å². The Morgan fingerprint density at radius 1 is 1.36 bits per heavy atom. The Morgan fingerprint density at radius 3 is 2.86 bits per heavy atom. The number of allylic oxidation sites excluding steroid dienone is 1. The van der Waals surface area contributed by atoms with E-state index in [0.717, 1.165) is 38.2 Å². The number of rotatable bonds is 11. The molecule has 0 fully saturated rings. The smallest absolute Gasteiger partial charge is 0.221 e. The van der Waals surface area contributed by atoms with Crippen molar-refractivity contribution in [2.45, 2.75) is 70.5 Å². The molecular weight excluding hydrogens is 494 g/mol. The Kier molecular flexibility index (Phi) is 8.54. The van der Waals surface area contributed by atoms with Gasteiger partial charge in [-0.1, -0.05) is 36.9 Å². The van der Waals surface area contributed by atoms with E-state index in [1.807, 2.05) is 42.7 Å². The number of hydrogen-bond donors (Lipinski definition) is 1. The predicted molar refractivity (Wildman–Crippen MR) is 146 cm³/mol. The fourth-order valence-electron chi connectivity index (χ4n) is 4.00. The number of carbonyl (C=O) groups is 1. The molecule has 0 saturated carbocycles. The Hall–Kier alpha value is -2.62. The molecule has 3 aromatic rings. The summed E-state index contributed by atoms with van der Waals surface area (Å²) in [7, 11) is 0. The molecule has 36 heavy (non-hydrogen) atoms. The number of imidazole rings is 1. The number of nitrogens with one attached hydrogen (secondary N) is 1. The van der Waals surface area contributed by atoms with E-state index in [2.05, 4.69) is 18.8 Å². The van der Waals surface area contributed by atoms with E-state index in [-0.39, 0.29) is 16.9 Å². The zero-order valence-electron chi connectivity index (χ0n) is 21.1. The van der Waals surface area contributed by atoms with Crippen molar-refractivity contribution in [3.05, 3.63) is 63.1 Å². The zero-order chi connectivity index (χ0) is 25.7. The molecule has 0 atom stereocenters. The van der Waals surface area contributed by atoms with Gasteiger partial charge in [0.15, 0.2) is 5.16 Å². The van der Waals surface area contributed by atoms with Crippen LogP contribution >= 0.6 is 23.1 Å². The van der Waals surface area contributed by atoms with Gasteiger partial charge in [-0.15, -0.1) is 17.9 Å². The first kappa shape index (κ1) is 26.4. The molecule has 1 aliphatic rings. The molecule has 192 valence electrons. The van der Waals surface area contributed by atoms with Crippen LogP contribution < -0.4 is 15.5 Å². The second-order valence-electron chi connectivity index (χ2n) is 9.37. The van der Waals surface area contributed by atoms with Gasteiger partial charge in [-0.25, -0.2) is 4.98 Å². The third-order valence-electron chi connectivity index (χ3n) is 5.89. The van der Waals surface area contributed by atoms with Crippen molar-refractivity contribution in [1.29, 1.82) is 0 Å².